The van der Waals surface area contributed by atoms with Crippen LogP contribution >= 0.6 is 0 Å². The summed E-state index contributed by atoms with van der Waals surface area (Å²) in [5.41, 5.74) is 0. The first-order valence-electron chi connectivity index (χ1n) is 4.78. The first kappa shape index (κ1) is 9.33. The summed E-state index contributed by atoms with van der Waals surface area (Å²) in [6, 6.07) is 0. The molecule has 2 rings (SSSR count). The first-order chi connectivity index (χ1) is 6.90. The van der Waals surface area contributed by atoms with Crippen LogP contribution in [0.3, 0.4) is 0 Å². The van der Waals surface area contributed by atoms with E-state index in [2.05, 4.69) is 10.1 Å². The summed E-state index contributed by atoms with van der Waals surface area (Å²) in [5.74, 6) is 0.936. The van der Waals surface area contributed by atoms with Gasteiger partial charge in [0.15, 0.2) is 0 Å². The highest BCUT2D eigenvalue weighted by molar-refractivity contribution is 5.52. The van der Waals surface area contributed by atoms with Gasteiger partial charge in [-0.3, -0.25) is 0 Å². The van der Waals surface area contributed by atoms with Gasteiger partial charge < -0.3 is 14.1 Å². The summed E-state index contributed by atoms with van der Waals surface area (Å²) in [4.78, 5) is 14.3. The van der Waals surface area contributed by atoms with Gasteiger partial charge in [0.25, 0.3) is 0 Å². The van der Waals surface area contributed by atoms with E-state index in [0.29, 0.717) is 11.7 Å². The Bertz CT molecular complexity index is 305. The van der Waals surface area contributed by atoms with E-state index < -0.39 is 0 Å². The maximum absolute atomic E-state index is 10.2. The summed E-state index contributed by atoms with van der Waals surface area (Å²) in [6.45, 7) is 0.752. The number of aromatic nitrogens is 2. The van der Waals surface area contributed by atoms with E-state index in [0.717, 1.165) is 32.2 Å². The van der Waals surface area contributed by atoms with Gasteiger partial charge in [-0.25, -0.2) is 0 Å². The van der Waals surface area contributed by atoms with Gasteiger partial charge in [0, 0.05) is 6.61 Å². The number of hydrogen-bond donors (Lipinski definition) is 0. The average Bonchev–Trinajstić information content (AvgIpc) is 2.68. The highest BCUT2D eigenvalue weighted by Gasteiger charge is 2.21. The number of aldehydes is 1. The Kier molecular flexibility index (Phi) is 2.88. The van der Waals surface area contributed by atoms with Crippen molar-refractivity contribution in [3.63, 3.8) is 0 Å². The standard InChI is InChI=1S/C9H12N2O3/c12-5-4-8-10-9(11-14-8)7-3-1-2-6-13-7/h5,7H,1-4,6H2. The second-order valence-corrected chi connectivity index (χ2v) is 3.27. The van der Waals surface area contributed by atoms with Crippen molar-refractivity contribution in [2.75, 3.05) is 6.61 Å². The Morgan fingerprint density at radius 1 is 1.50 bits per heavy atom. The zero-order valence-electron chi connectivity index (χ0n) is 7.81. The summed E-state index contributed by atoms with van der Waals surface area (Å²) < 4.78 is 10.4. The van der Waals surface area contributed by atoms with Crippen LogP contribution in [0.1, 0.15) is 37.1 Å². The molecule has 0 radical (unpaired) electrons. The SMILES string of the molecule is O=CCc1nc(C2CCCCO2)no1. The largest absolute Gasteiger partial charge is 0.370 e. The van der Waals surface area contributed by atoms with Crippen LogP contribution in [0.4, 0.5) is 0 Å². The lowest BCUT2D eigenvalue weighted by molar-refractivity contribution is -0.107. The molecule has 0 N–H and O–H groups in total. The van der Waals surface area contributed by atoms with Crippen LogP contribution in [0.15, 0.2) is 4.52 Å². The van der Waals surface area contributed by atoms with E-state index in [9.17, 15) is 4.79 Å². The van der Waals surface area contributed by atoms with Crippen LogP contribution in [-0.4, -0.2) is 23.0 Å². The van der Waals surface area contributed by atoms with Crippen molar-refractivity contribution in [2.45, 2.75) is 31.8 Å². The third kappa shape index (κ3) is 1.98. The van der Waals surface area contributed by atoms with E-state index in [1.54, 1.807) is 0 Å². The number of nitrogens with zero attached hydrogens (tertiary/aromatic N) is 2. The molecule has 0 spiro atoms. The molecule has 76 valence electrons. The fourth-order valence-electron chi connectivity index (χ4n) is 1.50. The molecule has 1 aliphatic heterocycles. The highest BCUT2D eigenvalue weighted by atomic mass is 16.5. The molecule has 1 aromatic rings. The second kappa shape index (κ2) is 4.32. The average molecular weight is 196 g/mol. The highest BCUT2D eigenvalue weighted by Crippen LogP contribution is 2.25. The third-order valence-electron chi connectivity index (χ3n) is 2.21. The van der Waals surface area contributed by atoms with E-state index >= 15 is 0 Å². The topological polar surface area (TPSA) is 65.2 Å². The maximum Gasteiger partial charge on any atom is 0.233 e. The van der Waals surface area contributed by atoms with E-state index in [1.165, 1.54) is 0 Å². The van der Waals surface area contributed by atoms with Crippen LogP contribution in [0.25, 0.3) is 0 Å². The number of carbonyl (C=O) groups is 1. The van der Waals surface area contributed by atoms with Gasteiger partial charge in [-0.05, 0) is 19.3 Å². The quantitative estimate of drug-likeness (QED) is 0.676. The molecule has 1 aliphatic rings. The van der Waals surface area contributed by atoms with Crippen LogP contribution in [0, 0.1) is 0 Å². The molecule has 5 heteroatoms. The lowest BCUT2D eigenvalue weighted by Gasteiger charge is -2.18. The molecule has 1 saturated heterocycles. The van der Waals surface area contributed by atoms with Crippen LogP contribution in [0.2, 0.25) is 0 Å². The molecule has 0 amide bonds. The first-order valence-corrected chi connectivity index (χ1v) is 4.78. The Labute approximate surface area is 81.4 Å². The van der Waals surface area contributed by atoms with E-state index in [-0.39, 0.29) is 12.5 Å². The molecule has 0 aliphatic carbocycles. The number of rotatable bonds is 3. The fraction of sp³-hybridized carbons (Fsp3) is 0.667. The molecule has 1 aromatic heterocycles. The van der Waals surface area contributed by atoms with Crippen molar-refractivity contribution in [1.82, 2.24) is 10.1 Å². The summed E-state index contributed by atoms with van der Waals surface area (Å²) >= 11 is 0. The molecule has 1 atom stereocenters. The van der Waals surface area contributed by atoms with Gasteiger partial charge in [0.2, 0.25) is 11.7 Å². The Morgan fingerprint density at radius 3 is 3.14 bits per heavy atom. The molecule has 14 heavy (non-hydrogen) atoms. The molecule has 0 aromatic carbocycles. The van der Waals surface area contributed by atoms with Crippen molar-refractivity contribution < 1.29 is 14.1 Å². The molecule has 0 bridgehead atoms. The maximum atomic E-state index is 10.2. The minimum absolute atomic E-state index is 0.0482. The summed E-state index contributed by atoms with van der Waals surface area (Å²) in [6.07, 6.45) is 4.03. The zero-order chi connectivity index (χ0) is 9.80. The second-order valence-electron chi connectivity index (χ2n) is 3.27. The number of carbonyl (C=O) groups excluding carboxylic acids is 1. The van der Waals surface area contributed by atoms with E-state index in [1.807, 2.05) is 0 Å². The predicted octanol–water partition coefficient (Wildman–Crippen LogP) is 1.05. The van der Waals surface area contributed by atoms with Gasteiger partial charge in [-0.2, -0.15) is 4.98 Å². The lowest BCUT2D eigenvalue weighted by Crippen LogP contribution is -2.12. The fourth-order valence-corrected chi connectivity index (χ4v) is 1.50. The van der Waals surface area contributed by atoms with Crippen LogP contribution in [0.5, 0.6) is 0 Å². The molecule has 0 saturated carbocycles. The minimum Gasteiger partial charge on any atom is -0.370 e. The van der Waals surface area contributed by atoms with Gasteiger partial charge in [0.05, 0.1) is 6.42 Å². The van der Waals surface area contributed by atoms with Gasteiger partial charge in [0.1, 0.15) is 12.4 Å². The minimum atomic E-state index is -0.0482. The van der Waals surface area contributed by atoms with Gasteiger partial charge in [-0.15, -0.1) is 0 Å². The summed E-state index contributed by atoms with van der Waals surface area (Å²) in [7, 11) is 0. The monoisotopic (exact) mass is 196 g/mol. The number of ether oxygens (including phenoxy) is 1. The van der Waals surface area contributed by atoms with E-state index in [4.69, 9.17) is 9.26 Å². The van der Waals surface area contributed by atoms with Crippen molar-refractivity contribution in [2.24, 2.45) is 0 Å². The van der Waals surface area contributed by atoms with Crippen LogP contribution in [-0.2, 0) is 16.0 Å². The normalized spacial score (nSPS) is 22.1. The lowest BCUT2D eigenvalue weighted by atomic mass is 10.1. The Balaban J connectivity index is 2.03. The number of hydrogen-bond acceptors (Lipinski definition) is 5. The zero-order valence-corrected chi connectivity index (χ0v) is 7.81. The van der Waals surface area contributed by atoms with Crippen molar-refractivity contribution in [3.8, 4) is 0 Å². The van der Waals surface area contributed by atoms with Crippen LogP contribution < -0.4 is 0 Å². The van der Waals surface area contributed by atoms with Crippen molar-refractivity contribution >= 4 is 6.29 Å². The molecule has 1 unspecified atom stereocenters. The Morgan fingerprint density at radius 2 is 2.43 bits per heavy atom. The summed E-state index contributed by atoms with van der Waals surface area (Å²) in [5, 5.41) is 3.79. The van der Waals surface area contributed by atoms with Gasteiger partial charge >= 0.3 is 0 Å². The molecular formula is C9H12N2O3. The third-order valence-corrected chi connectivity index (χ3v) is 2.21. The van der Waals surface area contributed by atoms with Crippen molar-refractivity contribution in [3.05, 3.63) is 11.7 Å². The molecular weight excluding hydrogens is 184 g/mol. The molecule has 1 fully saturated rings. The van der Waals surface area contributed by atoms with Gasteiger partial charge in [-0.1, -0.05) is 5.16 Å². The predicted molar refractivity (Wildman–Crippen MR) is 46.6 cm³/mol. The Hall–Kier alpha value is -1.23. The smallest absolute Gasteiger partial charge is 0.233 e. The van der Waals surface area contributed by atoms with Crippen molar-refractivity contribution in [1.29, 1.82) is 0 Å². The molecule has 5 nitrogen and oxygen atoms in total. The molecule has 2 heterocycles.